The lowest BCUT2D eigenvalue weighted by Gasteiger charge is -2.18. The zero-order valence-electron chi connectivity index (χ0n) is 11.7. The van der Waals surface area contributed by atoms with Gasteiger partial charge in [0, 0.05) is 6.04 Å². The monoisotopic (exact) mass is 248 g/mol. The Morgan fingerprint density at radius 2 is 1.72 bits per heavy atom. The fourth-order valence-electron chi connectivity index (χ4n) is 1.97. The van der Waals surface area contributed by atoms with E-state index in [1.54, 1.807) is 6.92 Å². The fourth-order valence-corrected chi connectivity index (χ4v) is 1.97. The molecule has 0 unspecified atom stereocenters. The summed E-state index contributed by atoms with van der Waals surface area (Å²) < 4.78 is 0. The van der Waals surface area contributed by atoms with Crippen LogP contribution in [0.1, 0.15) is 44.9 Å². The standard InChI is InChI=1S/C15H24N2O/c1-10(2)9-13-5-7-14(8-6-13)11(3)17-12(4)15(16)18/h5-8,10-12,17H,9H2,1-4H3,(H2,16,18)/t11-,12-/m0/s1. The number of carbonyl (C=O) groups is 1. The van der Waals surface area contributed by atoms with Gasteiger partial charge in [0.1, 0.15) is 0 Å². The molecule has 0 saturated heterocycles. The second-order valence-corrected chi connectivity index (χ2v) is 5.35. The maximum absolute atomic E-state index is 11.0. The number of nitrogens with one attached hydrogen (secondary N) is 1. The van der Waals surface area contributed by atoms with Gasteiger partial charge in [-0.2, -0.15) is 0 Å². The first-order valence-electron chi connectivity index (χ1n) is 6.54. The normalized spacial score (nSPS) is 14.5. The lowest BCUT2D eigenvalue weighted by atomic mass is 9.99. The van der Waals surface area contributed by atoms with Gasteiger partial charge in [0.2, 0.25) is 5.91 Å². The maximum Gasteiger partial charge on any atom is 0.234 e. The van der Waals surface area contributed by atoms with E-state index in [0.29, 0.717) is 5.92 Å². The number of hydrogen-bond donors (Lipinski definition) is 2. The number of hydrogen-bond acceptors (Lipinski definition) is 2. The average molecular weight is 248 g/mol. The van der Waals surface area contributed by atoms with Crippen LogP contribution < -0.4 is 11.1 Å². The van der Waals surface area contributed by atoms with Crippen LogP contribution in [0, 0.1) is 5.92 Å². The van der Waals surface area contributed by atoms with Crippen LogP contribution in [0.2, 0.25) is 0 Å². The van der Waals surface area contributed by atoms with E-state index in [1.807, 2.05) is 6.92 Å². The first kappa shape index (κ1) is 14.7. The quantitative estimate of drug-likeness (QED) is 0.812. The molecule has 0 spiro atoms. The minimum atomic E-state index is -0.321. The van der Waals surface area contributed by atoms with Gasteiger partial charge in [-0.25, -0.2) is 0 Å². The van der Waals surface area contributed by atoms with E-state index in [9.17, 15) is 4.79 Å². The Kier molecular flexibility index (Phi) is 5.35. The van der Waals surface area contributed by atoms with Crippen molar-refractivity contribution < 1.29 is 4.79 Å². The second-order valence-electron chi connectivity index (χ2n) is 5.35. The van der Waals surface area contributed by atoms with E-state index in [0.717, 1.165) is 6.42 Å². The van der Waals surface area contributed by atoms with Gasteiger partial charge in [0.25, 0.3) is 0 Å². The molecule has 18 heavy (non-hydrogen) atoms. The van der Waals surface area contributed by atoms with Crippen molar-refractivity contribution in [1.29, 1.82) is 0 Å². The predicted molar refractivity (Wildman–Crippen MR) is 75.2 cm³/mol. The van der Waals surface area contributed by atoms with Crippen LogP contribution in [0.5, 0.6) is 0 Å². The van der Waals surface area contributed by atoms with Gasteiger partial charge in [-0.1, -0.05) is 38.1 Å². The Hall–Kier alpha value is -1.35. The van der Waals surface area contributed by atoms with E-state index in [-0.39, 0.29) is 18.0 Å². The highest BCUT2D eigenvalue weighted by molar-refractivity contribution is 5.79. The Balaban J connectivity index is 2.64. The molecule has 0 heterocycles. The Morgan fingerprint density at radius 1 is 1.17 bits per heavy atom. The molecular weight excluding hydrogens is 224 g/mol. The van der Waals surface area contributed by atoms with Gasteiger partial charge in [-0.15, -0.1) is 0 Å². The molecule has 0 saturated carbocycles. The van der Waals surface area contributed by atoms with Crippen molar-refractivity contribution in [2.45, 2.75) is 46.2 Å². The average Bonchev–Trinajstić information content (AvgIpc) is 2.28. The lowest BCUT2D eigenvalue weighted by Crippen LogP contribution is -2.39. The van der Waals surface area contributed by atoms with Crippen LogP contribution in [0.4, 0.5) is 0 Å². The summed E-state index contributed by atoms with van der Waals surface area (Å²) in [7, 11) is 0. The predicted octanol–water partition coefficient (Wildman–Crippen LogP) is 2.41. The van der Waals surface area contributed by atoms with Crippen LogP contribution in [-0.2, 0) is 11.2 Å². The van der Waals surface area contributed by atoms with Crippen molar-refractivity contribution in [3.05, 3.63) is 35.4 Å². The van der Waals surface area contributed by atoms with E-state index < -0.39 is 0 Å². The minimum absolute atomic E-state index is 0.126. The van der Waals surface area contributed by atoms with E-state index >= 15 is 0 Å². The van der Waals surface area contributed by atoms with Crippen molar-refractivity contribution in [2.24, 2.45) is 11.7 Å². The third kappa shape index (κ3) is 4.49. The highest BCUT2D eigenvalue weighted by Crippen LogP contribution is 2.16. The number of amides is 1. The van der Waals surface area contributed by atoms with Gasteiger partial charge < -0.3 is 5.73 Å². The zero-order chi connectivity index (χ0) is 13.7. The molecule has 3 nitrogen and oxygen atoms in total. The SMILES string of the molecule is CC(C)Cc1ccc([C@H](C)N[C@@H](C)C(N)=O)cc1. The summed E-state index contributed by atoms with van der Waals surface area (Å²) in [5, 5.41) is 3.18. The number of benzene rings is 1. The highest BCUT2D eigenvalue weighted by atomic mass is 16.1. The first-order chi connectivity index (χ1) is 8.40. The van der Waals surface area contributed by atoms with Crippen molar-refractivity contribution in [1.82, 2.24) is 5.32 Å². The van der Waals surface area contributed by atoms with Gasteiger partial charge in [-0.3, -0.25) is 10.1 Å². The van der Waals surface area contributed by atoms with Gasteiger partial charge in [-0.05, 0) is 37.3 Å². The topological polar surface area (TPSA) is 55.1 Å². The molecule has 0 radical (unpaired) electrons. The molecule has 0 aliphatic rings. The van der Waals surface area contributed by atoms with E-state index in [1.165, 1.54) is 11.1 Å². The molecule has 0 aromatic heterocycles. The molecule has 0 aliphatic carbocycles. The number of nitrogens with two attached hydrogens (primary N) is 1. The van der Waals surface area contributed by atoms with Gasteiger partial charge >= 0.3 is 0 Å². The maximum atomic E-state index is 11.0. The molecule has 0 bridgehead atoms. The Labute approximate surface area is 110 Å². The Morgan fingerprint density at radius 3 is 2.17 bits per heavy atom. The summed E-state index contributed by atoms with van der Waals surface area (Å²) >= 11 is 0. The molecule has 0 aliphatic heterocycles. The van der Waals surface area contributed by atoms with Crippen LogP contribution in [-0.4, -0.2) is 11.9 Å². The van der Waals surface area contributed by atoms with E-state index in [4.69, 9.17) is 5.73 Å². The molecule has 1 amide bonds. The zero-order valence-corrected chi connectivity index (χ0v) is 11.7. The van der Waals surface area contributed by atoms with Crippen molar-refractivity contribution in [3.8, 4) is 0 Å². The van der Waals surface area contributed by atoms with Crippen molar-refractivity contribution >= 4 is 5.91 Å². The molecule has 1 rings (SSSR count). The molecule has 0 fully saturated rings. The van der Waals surface area contributed by atoms with Crippen molar-refractivity contribution in [3.63, 3.8) is 0 Å². The third-order valence-electron chi connectivity index (χ3n) is 3.05. The molecule has 2 atom stereocenters. The summed E-state index contributed by atoms with van der Waals surface area (Å²) in [6.45, 7) is 8.25. The number of primary amides is 1. The van der Waals surface area contributed by atoms with Gasteiger partial charge in [0.15, 0.2) is 0 Å². The van der Waals surface area contributed by atoms with Gasteiger partial charge in [0.05, 0.1) is 6.04 Å². The highest BCUT2D eigenvalue weighted by Gasteiger charge is 2.13. The fraction of sp³-hybridized carbons (Fsp3) is 0.533. The molecule has 3 heteroatoms. The summed E-state index contributed by atoms with van der Waals surface area (Å²) in [6, 6.07) is 8.35. The Bertz CT molecular complexity index is 384. The molecule has 100 valence electrons. The number of carbonyl (C=O) groups excluding carboxylic acids is 1. The summed E-state index contributed by atoms with van der Waals surface area (Å²) in [4.78, 5) is 11.0. The molecule has 1 aromatic rings. The second kappa shape index (κ2) is 6.55. The van der Waals surface area contributed by atoms with Crippen LogP contribution in [0.3, 0.4) is 0 Å². The lowest BCUT2D eigenvalue weighted by molar-refractivity contribution is -0.119. The summed E-state index contributed by atoms with van der Waals surface area (Å²) in [5.41, 5.74) is 7.77. The molecular formula is C15H24N2O. The molecule has 1 aromatic carbocycles. The molecule has 3 N–H and O–H groups in total. The largest absolute Gasteiger partial charge is 0.368 e. The summed E-state index contributed by atoms with van der Waals surface area (Å²) in [5.74, 6) is 0.347. The van der Waals surface area contributed by atoms with E-state index in [2.05, 4.69) is 43.4 Å². The van der Waals surface area contributed by atoms with Crippen LogP contribution >= 0.6 is 0 Å². The van der Waals surface area contributed by atoms with Crippen molar-refractivity contribution in [2.75, 3.05) is 0 Å². The minimum Gasteiger partial charge on any atom is -0.368 e. The summed E-state index contributed by atoms with van der Waals surface area (Å²) in [6.07, 6.45) is 1.10. The number of rotatable bonds is 6. The third-order valence-corrected chi connectivity index (χ3v) is 3.05. The van der Waals surface area contributed by atoms with Crippen LogP contribution in [0.25, 0.3) is 0 Å². The van der Waals surface area contributed by atoms with Crippen LogP contribution in [0.15, 0.2) is 24.3 Å². The smallest absolute Gasteiger partial charge is 0.234 e. The first-order valence-corrected chi connectivity index (χ1v) is 6.54.